The summed E-state index contributed by atoms with van der Waals surface area (Å²) in [7, 11) is 0. The van der Waals surface area contributed by atoms with Crippen molar-refractivity contribution in [3.05, 3.63) is 158 Å². The third-order valence-electron chi connectivity index (χ3n) is 7.83. The summed E-state index contributed by atoms with van der Waals surface area (Å²) >= 11 is 0. The van der Waals surface area contributed by atoms with Gasteiger partial charge in [0.1, 0.15) is 5.58 Å². The maximum Gasteiger partial charge on any atom is 0.132 e. The van der Waals surface area contributed by atoms with Crippen LogP contribution < -0.4 is 0 Å². The van der Waals surface area contributed by atoms with E-state index in [1.807, 2.05) is 66.9 Å². The summed E-state index contributed by atoms with van der Waals surface area (Å²) < 4.78 is 6.48. The zero-order chi connectivity index (χ0) is 28.6. The Bertz CT molecular complexity index is 2360. The summed E-state index contributed by atoms with van der Waals surface area (Å²) in [5, 5.41) is 9.28. The number of benzene rings is 6. The molecule has 3 heterocycles. The van der Waals surface area contributed by atoms with E-state index in [0.29, 0.717) is 0 Å². The van der Waals surface area contributed by atoms with Crippen molar-refractivity contribution in [3.8, 4) is 22.5 Å². The van der Waals surface area contributed by atoms with Crippen LogP contribution in [0.25, 0.3) is 76.8 Å². The van der Waals surface area contributed by atoms with Gasteiger partial charge in [0.2, 0.25) is 0 Å². The van der Waals surface area contributed by atoms with Crippen molar-refractivity contribution in [3.63, 3.8) is 0 Å². The zero-order valence-corrected chi connectivity index (χ0v) is 25.9. The van der Waals surface area contributed by atoms with E-state index in [4.69, 9.17) is 4.42 Å². The van der Waals surface area contributed by atoms with Crippen LogP contribution in [0.5, 0.6) is 0 Å². The Morgan fingerprint density at radius 2 is 1.30 bits per heavy atom. The first-order chi connectivity index (χ1) is 21.3. The molecule has 44 heavy (non-hydrogen) atoms. The van der Waals surface area contributed by atoms with Crippen molar-refractivity contribution >= 4 is 54.3 Å². The minimum absolute atomic E-state index is 0. The van der Waals surface area contributed by atoms with Crippen molar-refractivity contribution in [1.29, 1.82) is 0 Å². The topological polar surface area (TPSA) is 38.9 Å². The van der Waals surface area contributed by atoms with Gasteiger partial charge in [-0.3, -0.25) is 0 Å². The van der Waals surface area contributed by atoms with Gasteiger partial charge in [-0.2, -0.15) is 0 Å². The fraction of sp³-hybridized carbons (Fsp3) is 0. The number of rotatable bonds is 2. The van der Waals surface area contributed by atoms with E-state index in [0.717, 1.165) is 55.2 Å². The van der Waals surface area contributed by atoms with Gasteiger partial charge in [0.05, 0.1) is 5.58 Å². The molecule has 0 spiro atoms. The van der Waals surface area contributed by atoms with Crippen LogP contribution in [-0.4, -0.2) is 9.97 Å². The maximum atomic E-state index is 6.48. The van der Waals surface area contributed by atoms with Crippen LogP contribution in [-0.2, 0) is 20.1 Å². The van der Waals surface area contributed by atoms with Gasteiger partial charge < -0.3 is 14.4 Å². The van der Waals surface area contributed by atoms with Gasteiger partial charge in [0.25, 0.3) is 0 Å². The minimum Gasteiger partial charge on any atom is -0.476 e. The van der Waals surface area contributed by atoms with Gasteiger partial charge >= 0.3 is 0 Å². The molecule has 0 atom stereocenters. The molecule has 0 N–H and O–H groups in total. The molecule has 0 aliphatic heterocycles. The second-order valence-electron chi connectivity index (χ2n) is 10.5. The third-order valence-corrected chi connectivity index (χ3v) is 7.83. The summed E-state index contributed by atoms with van der Waals surface area (Å²) in [6, 6.07) is 51.9. The Morgan fingerprint density at radius 3 is 2.14 bits per heavy atom. The van der Waals surface area contributed by atoms with Gasteiger partial charge in [-0.15, -0.1) is 53.6 Å². The Hall–Kier alpha value is -5.15. The Labute approximate surface area is 268 Å². The maximum absolute atomic E-state index is 6.48. The third kappa shape index (κ3) is 5.05. The van der Waals surface area contributed by atoms with Gasteiger partial charge in [-0.25, -0.2) is 0 Å². The van der Waals surface area contributed by atoms with Crippen LogP contribution in [0.3, 0.4) is 0 Å². The molecule has 3 nitrogen and oxygen atoms in total. The van der Waals surface area contributed by atoms with E-state index in [9.17, 15) is 0 Å². The zero-order valence-electron chi connectivity index (χ0n) is 23.5. The van der Waals surface area contributed by atoms with E-state index < -0.39 is 0 Å². The molecule has 0 saturated heterocycles. The van der Waals surface area contributed by atoms with Crippen LogP contribution in [0.4, 0.5) is 0 Å². The largest absolute Gasteiger partial charge is 0.476 e. The molecule has 0 saturated carbocycles. The molecule has 0 aliphatic rings. The summed E-state index contributed by atoms with van der Waals surface area (Å²) in [6.45, 7) is 0. The first kappa shape index (κ1) is 27.7. The molecule has 9 aromatic rings. The fourth-order valence-corrected chi connectivity index (χ4v) is 5.71. The molecule has 3 aromatic heterocycles. The SMILES string of the molecule is [Ir].[c-]1cc2c(cc1-c1cc3ccccc3cn1)oc1c2ccc2ccc3ccccc3c21.[c-]1ccccc1-c1ccccn1. The number of hydrogen-bond donors (Lipinski definition) is 0. The molecular weight excluding hydrogens is 717 g/mol. The second-order valence-corrected chi connectivity index (χ2v) is 10.5. The molecule has 211 valence electrons. The van der Waals surface area contributed by atoms with Gasteiger partial charge in [0.15, 0.2) is 0 Å². The fourth-order valence-electron chi connectivity index (χ4n) is 5.71. The number of aromatic nitrogens is 2. The monoisotopic (exact) mass is 741 g/mol. The van der Waals surface area contributed by atoms with E-state index in [2.05, 4.69) is 94.9 Å². The minimum atomic E-state index is 0. The molecule has 6 aromatic carbocycles. The average Bonchev–Trinajstić information content (AvgIpc) is 3.47. The number of pyridine rings is 2. The molecule has 0 unspecified atom stereocenters. The van der Waals surface area contributed by atoms with Crippen molar-refractivity contribution in [2.45, 2.75) is 0 Å². The predicted octanol–water partition coefficient (Wildman–Crippen LogP) is 10.5. The second kappa shape index (κ2) is 11.9. The Morgan fingerprint density at radius 1 is 0.523 bits per heavy atom. The van der Waals surface area contributed by atoms with Crippen molar-refractivity contribution in [1.82, 2.24) is 9.97 Å². The van der Waals surface area contributed by atoms with Crippen molar-refractivity contribution < 1.29 is 24.5 Å². The van der Waals surface area contributed by atoms with Crippen molar-refractivity contribution in [2.75, 3.05) is 0 Å². The number of furan rings is 1. The van der Waals surface area contributed by atoms with E-state index in [-0.39, 0.29) is 20.1 Å². The van der Waals surface area contributed by atoms with Gasteiger partial charge in [0, 0.05) is 37.9 Å². The van der Waals surface area contributed by atoms with Crippen molar-refractivity contribution in [2.24, 2.45) is 0 Å². The van der Waals surface area contributed by atoms with Crippen LogP contribution in [0.15, 0.2) is 150 Å². The van der Waals surface area contributed by atoms with Gasteiger partial charge in [-0.05, 0) is 49.8 Å². The van der Waals surface area contributed by atoms with Crippen LogP contribution in [0.2, 0.25) is 0 Å². The molecule has 0 aliphatic carbocycles. The summed E-state index contributed by atoms with van der Waals surface area (Å²) in [4.78, 5) is 8.87. The Balaban J connectivity index is 0.000000203. The molecule has 4 heteroatoms. The summed E-state index contributed by atoms with van der Waals surface area (Å²) in [5.41, 5.74) is 5.64. The first-order valence-electron chi connectivity index (χ1n) is 14.2. The quantitative estimate of drug-likeness (QED) is 0.131. The molecular formula is C40H24IrN2O-2. The van der Waals surface area contributed by atoms with Crippen LogP contribution in [0.1, 0.15) is 0 Å². The summed E-state index contributed by atoms with van der Waals surface area (Å²) in [6.07, 6.45) is 3.71. The summed E-state index contributed by atoms with van der Waals surface area (Å²) in [5.74, 6) is 0. The van der Waals surface area contributed by atoms with E-state index >= 15 is 0 Å². The smallest absolute Gasteiger partial charge is 0.132 e. The number of nitrogens with zero attached hydrogens (tertiary/aromatic N) is 2. The Kier molecular flexibility index (Phi) is 7.45. The normalized spacial score (nSPS) is 11.0. The first-order valence-corrected chi connectivity index (χ1v) is 14.2. The number of fused-ring (bicyclic) bond motifs is 8. The standard InChI is InChI=1S/C29H16NO.C11H8N.Ir/c1-2-7-22-17-30-26(15-20(22)6-1)21-12-13-24-25-14-11-19-10-9-18-5-3-4-8-23(18)28(19)29(25)31-27(24)16-21;1-2-6-10(7-3-1)11-8-4-5-9-12-11;/h1-11,13-17H;1-6,8-9H;/q2*-1;. The van der Waals surface area contributed by atoms with Crippen LogP contribution >= 0.6 is 0 Å². The van der Waals surface area contributed by atoms with Gasteiger partial charge in [-0.1, -0.05) is 102 Å². The van der Waals surface area contributed by atoms with Crippen LogP contribution in [0, 0.1) is 12.1 Å². The van der Waals surface area contributed by atoms with E-state index in [1.165, 1.54) is 21.5 Å². The molecule has 0 amide bonds. The average molecular weight is 741 g/mol. The molecule has 9 rings (SSSR count). The van der Waals surface area contributed by atoms with E-state index in [1.54, 1.807) is 6.20 Å². The molecule has 0 fully saturated rings. The molecule has 0 bridgehead atoms. The number of hydrogen-bond acceptors (Lipinski definition) is 3. The molecule has 1 radical (unpaired) electrons. The predicted molar refractivity (Wildman–Crippen MR) is 177 cm³/mol.